The Morgan fingerprint density at radius 2 is 1.76 bits per heavy atom. The maximum Gasteiger partial charge on any atom is 0.191 e. The summed E-state index contributed by atoms with van der Waals surface area (Å²) in [6.45, 7) is 4.84. The summed E-state index contributed by atoms with van der Waals surface area (Å²) in [4.78, 5) is 4.61. The minimum atomic E-state index is 0.584. The van der Waals surface area contributed by atoms with Crippen molar-refractivity contribution in [3.8, 4) is 11.5 Å². The zero-order valence-corrected chi connectivity index (χ0v) is 15.0. The lowest BCUT2D eigenvalue weighted by Crippen LogP contribution is -2.39. The minimum absolute atomic E-state index is 0.584. The standard InChI is InChI=1S/C20H27N3O2/c1-3-21-20(23-15-16-25-18-10-5-4-6-11-18)22-14-13-17-9-7-8-12-19(17)24-2/h4-12H,3,13-16H2,1-2H3,(H2,21,22,23). The number of para-hydroxylation sites is 2. The van der Waals surface area contributed by atoms with E-state index in [4.69, 9.17) is 9.47 Å². The molecule has 0 bridgehead atoms. The third-order valence-corrected chi connectivity index (χ3v) is 3.59. The van der Waals surface area contributed by atoms with Crippen LogP contribution in [0.25, 0.3) is 0 Å². The predicted molar refractivity (Wildman–Crippen MR) is 103 cm³/mol. The first-order chi connectivity index (χ1) is 12.3. The van der Waals surface area contributed by atoms with E-state index in [-0.39, 0.29) is 0 Å². The highest BCUT2D eigenvalue weighted by Gasteiger charge is 2.02. The van der Waals surface area contributed by atoms with Gasteiger partial charge in [0.1, 0.15) is 18.1 Å². The molecule has 2 aromatic rings. The Morgan fingerprint density at radius 3 is 2.52 bits per heavy atom. The molecule has 0 fully saturated rings. The molecule has 5 heteroatoms. The number of nitrogens with one attached hydrogen (secondary N) is 2. The lowest BCUT2D eigenvalue weighted by atomic mass is 10.1. The van der Waals surface area contributed by atoms with Crippen molar-refractivity contribution in [3.05, 3.63) is 60.2 Å². The lowest BCUT2D eigenvalue weighted by molar-refractivity contribution is 0.322. The van der Waals surface area contributed by atoms with E-state index >= 15 is 0 Å². The molecule has 0 atom stereocenters. The molecule has 0 amide bonds. The molecule has 134 valence electrons. The van der Waals surface area contributed by atoms with Gasteiger partial charge in [0.05, 0.1) is 13.7 Å². The Kier molecular flexibility index (Phi) is 8.18. The van der Waals surface area contributed by atoms with E-state index in [1.807, 2.05) is 48.5 Å². The number of guanidine groups is 1. The first-order valence-electron chi connectivity index (χ1n) is 8.65. The number of hydrogen-bond donors (Lipinski definition) is 2. The van der Waals surface area contributed by atoms with Gasteiger partial charge in [-0.3, -0.25) is 4.99 Å². The Bertz CT molecular complexity index is 644. The summed E-state index contributed by atoms with van der Waals surface area (Å²) in [5.74, 6) is 2.59. The molecule has 25 heavy (non-hydrogen) atoms. The van der Waals surface area contributed by atoms with Crippen LogP contribution in [0.3, 0.4) is 0 Å². The van der Waals surface area contributed by atoms with Gasteiger partial charge in [-0.2, -0.15) is 0 Å². The molecule has 5 nitrogen and oxygen atoms in total. The van der Waals surface area contributed by atoms with Crippen LogP contribution in [-0.2, 0) is 6.42 Å². The third-order valence-electron chi connectivity index (χ3n) is 3.59. The summed E-state index contributed by atoms with van der Waals surface area (Å²) in [5, 5.41) is 6.54. The van der Waals surface area contributed by atoms with Gasteiger partial charge in [0.15, 0.2) is 5.96 Å². The molecule has 0 radical (unpaired) electrons. The van der Waals surface area contributed by atoms with Crippen LogP contribution in [-0.4, -0.2) is 39.3 Å². The number of methoxy groups -OCH3 is 1. The molecule has 0 aliphatic carbocycles. The highest BCUT2D eigenvalue weighted by Crippen LogP contribution is 2.17. The Morgan fingerprint density at radius 1 is 1.00 bits per heavy atom. The molecule has 0 aromatic heterocycles. The molecule has 2 rings (SSSR count). The van der Waals surface area contributed by atoms with Gasteiger partial charge in [0.25, 0.3) is 0 Å². The van der Waals surface area contributed by atoms with E-state index in [1.165, 1.54) is 0 Å². The highest BCUT2D eigenvalue weighted by molar-refractivity contribution is 5.79. The van der Waals surface area contributed by atoms with Crippen LogP contribution >= 0.6 is 0 Å². The van der Waals surface area contributed by atoms with Gasteiger partial charge in [-0.25, -0.2) is 0 Å². The molecule has 0 aliphatic heterocycles. The monoisotopic (exact) mass is 341 g/mol. The Hall–Kier alpha value is -2.69. The van der Waals surface area contributed by atoms with Crippen molar-refractivity contribution in [2.45, 2.75) is 13.3 Å². The number of nitrogens with zero attached hydrogens (tertiary/aromatic N) is 1. The van der Waals surface area contributed by atoms with Gasteiger partial charge < -0.3 is 20.1 Å². The number of aliphatic imine (C=N–C) groups is 1. The van der Waals surface area contributed by atoms with Crippen LogP contribution in [0, 0.1) is 0 Å². The molecule has 0 spiro atoms. The van der Waals surface area contributed by atoms with Gasteiger partial charge in [-0.1, -0.05) is 36.4 Å². The molecular weight excluding hydrogens is 314 g/mol. The van der Waals surface area contributed by atoms with Crippen molar-refractivity contribution in [2.75, 3.05) is 33.4 Å². The molecule has 0 saturated heterocycles. The number of hydrogen-bond acceptors (Lipinski definition) is 3. The fraction of sp³-hybridized carbons (Fsp3) is 0.350. The molecular formula is C20H27N3O2. The topological polar surface area (TPSA) is 54.9 Å². The quantitative estimate of drug-likeness (QED) is 0.418. The second-order valence-electron chi connectivity index (χ2n) is 5.41. The summed E-state index contributed by atoms with van der Waals surface area (Å²) >= 11 is 0. The van der Waals surface area contributed by atoms with E-state index in [9.17, 15) is 0 Å². The van der Waals surface area contributed by atoms with Gasteiger partial charge in [-0.05, 0) is 37.1 Å². The van der Waals surface area contributed by atoms with Crippen LogP contribution in [0.5, 0.6) is 11.5 Å². The Balaban J connectivity index is 1.77. The second-order valence-corrected chi connectivity index (χ2v) is 5.41. The summed E-state index contributed by atoms with van der Waals surface area (Å²) in [7, 11) is 1.69. The molecule has 2 aromatic carbocycles. The van der Waals surface area contributed by atoms with Crippen LogP contribution in [0.4, 0.5) is 0 Å². The number of rotatable bonds is 9. The molecule has 0 saturated carbocycles. The van der Waals surface area contributed by atoms with Crippen LogP contribution in [0.15, 0.2) is 59.6 Å². The first kappa shape index (κ1) is 18.6. The summed E-state index contributed by atoms with van der Waals surface area (Å²) in [5.41, 5.74) is 1.16. The third kappa shape index (κ3) is 6.75. The lowest BCUT2D eigenvalue weighted by Gasteiger charge is -2.12. The van der Waals surface area contributed by atoms with Crippen molar-refractivity contribution in [1.82, 2.24) is 10.6 Å². The van der Waals surface area contributed by atoms with E-state index in [0.717, 1.165) is 36.0 Å². The molecule has 0 aliphatic rings. The smallest absolute Gasteiger partial charge is 0.191 e. The summed E-state index contributed by atoms with van der Waals surface area (Å²) < 4.78 is 11.1. The van der Waals surface area contributed by atoms with E-state index in [1.54, 1.807) is 7.11 Å². The van der Waals surface area contributed by atoms with Crippen molar-refractivity contribution >= 4 is 5.96 Å². The van der Waals surface area contributed by atoms with Gasteiger partial charge in [-0.15, -0.1) is 0 Å². The fourth-order valence-electron chi connectivity index (χ4n) is 2.39. The zero-order valence-electron chi connectivity index (χ0n) is 15.0. The van der Waals surface area contributed by atoms with E-state index in [2.05, 4.69) is 28.6 Å². The largest absolute Gasteiger partial charge is 0.496 e. The van der Waals surface area contributed by atoms with Crippen LogP contribution in [0.2, 0.25) is 0 Å². The number of benzene rings is 2. The van der Waals surface area contributed by atoms with Crippen LogP contribution < -0.4 is 20.1 Å². The SMILES string of the molecule is CCNC(=NCCc1ccccc1OC)NCCOc1ccccc1. The maximum absolute atomic E-state index is 5.68. The van der Waals surface area contributed by atoms with E-state index < -0.39 is 0 Å². The van der Waals surface area contributed by atoms with Crippen molar-refractivity contribution in [2.24, 2.45) is 4.99 Å². The summed E-state index contributed by atoms with van der Waals surface area (Å²) in [6, 6.07) is 17.8. The molecule has 2 N–H and O–H groups in total. The van der Waals surface area contributed by atoms with Crippen molar-refractivity contribution < 1.29 is 9.47 Å². The molecule has 0 unspecified atom stereocenters. The highest BCUT2D eigenvalue weighted by atomic mass is 16.5. The summed E-state index contributed by atoms with van der Waals surface area (Å²) in [6.07, 6.45) is 0.834. The molecule has 0 heterocycles. The average Bonchev–Trinajstić information content (AvgIpc) is 2.66. The van der Waals surface area contributed by atoms with Crippen molar-refractivity contribution in [3.63, 3.8) is 0 Å². The second kappa shape index (κ2) is 11.0. The minimum Gasteiger partial charge on any atom is -0.496 e. The van der Waals surface area contributed by atoms with Gasteiger partial charge in [0, 0.05) is 13.1 Å². The fourth-order valence-corrected chi connectivity index (χ4v) is 2.39. The average molecular weight is 341 g/mol. The number of ether oxygens (including phenoxy) is 2. The van der Waals surface area contributed by atoms with Crippen molar-refractivity contribution in [1.29, 1.82) is 0 Å². The first-order valence-corrected chi connectivity index (χ1v) is 8.65. The maximum atomic E-state index is 5.68. The van der Waals surface area contributed by atoms with Crippen LogP contribution in [0.1, 0.15) is 12.5 Å². The Labute approximate surface area is 150 Å². The zero-order chi connectivity index (χ0) is 17.7. The normalized spacial score (nSPS) is 11.0. The predicted octanol–water partition coefficient (Wildman–Crippen LogP) is 2.87. The van der Waals surface area contributed by atoms with Gasteiger partial charge >= 0.3 is 0 Å². The van der Waals surface area contributed by atoms with E-state index in [0.29, 0.717) is 19.7 Å². The van der Waals surface area contributed by atoms with Gasteiger partial charge in [0.2, 0.25) is 0 Å².